The van der Waals surface area contributed by atoms with E-state index in [4.69, 9.17) is 4.74 Å². The Kier molecular flexibility index (Phi) is 5.68. The van der Waals surface area contributed by atoms with Crippen LogP contribution in [0.2, 0.25) is 0 Å². The number of piperidine rings is 1. The van der Waals surface area contributed by atoms with Crippen molar-refractivity contribution in [1.82, 2.24) is 8.61 Å². The zero-order valence-corrected chi connectivity index (χ0v) is 11.0. The molecule has 0 aromatic rings. The number of nitrogens with zero attached hydrogens (tertiary/aromatic N) is 2. The molecule has 1 aliphatic rings. The van der Waals surface area contributed by atoms with Crippen LogP contribution in [0.4, 0.5) is 0 Å². The Balaban J connectivity index is 2.47. The van der Waals surface area contributed by atoms with Crippen molar-refractivity contribution in [3.8, 4) is 0 Å². The second kappa shape index (κ2) is 6.54. The van der Waals surface area contributed by atoms with Crippen LogP contribution in [0, 0.1) is 0 Å². The second-order valence-electron chi connectivity index (χ2n) is 4.14. The Hall–Kier alpha value is -0.170. The summed E-state index contributed by atoms with van der Waals surface area (Å²) in [6.45, 7) is 2.44. The second-order valence-corrected chi connectivity index (χ2v) is 6.17. The molecule has 0 bridgehead atoms. The van der Waals surface area contributed by atoms with Crippen LogP contribution in [0.5, 0.6) is 0 Å². The Morgan fingerprint density at radius 1 is 1.25 bits per heavy atom. The van der Waals surface area contributed by atoms with Crippen LogP contribution in [0.15, 0.2) is 0 Å². The number of rotatable bonds is 6. The summed E-state index contributed by atoms with van der Waals surface area (Å²) in [5, 5.41) is 0. The van der Waals surface area contributed by atoms with E-state index in [0.29, 0.717) is 26.2 Å². The van der Waals surface area contributed by atoms with E-state index in [-0.39, 0.29) is 0 Å². The Morgan fingerprint density at radius 2 is 1.88 bits per heavy atom. The van der Waals surface area contributed by atoms with Gasteiger partial charge in [0, 0.05) is 40.4 Å². The van der Waals surface area contributed by atoms with Crippen molar-refractivity contribution in [2.45, 2.75) is 25.7 Å². The summed E-state index contributed by atoms with van der Waals surface area (Å²) in [5.41, 5.74) is 0. The van der Waals surface area contributed by atoms with Crippen molar-refractivity contribution in [3.63, 3.8) is 0 Å². The number of hydrogen-bond acceptors (Lipinski definition) is 3. The molecule has 0 saturated carbocycles. The third kappa shape index (κ3) is 3.69. The molecule has 0 aromatic heterocycles. The van der Waals surface area contributed by atoms with Gasteiger partial charge < -0.3 is 4.74 Å². The first kappa shape index (κ1) is 13.9. The lowest BCUT2D eigenvalue weighted by Crippen LogP contribution is -2.44. The standard InChI is InChI=1S/C10H22N2O3S/c1-11(7-6-10-15-2)16(13,14)12-8-4-3-5-9-12/h3-10H2,1-2H3. The minimum atomic E-state index is -3.23. The molecule has 1 rings (SSSR count). The van der Waals surface area contributed by atoms with Crippen LogP contribution < -0.4 is 0 Å². The summed E-state index contributed by atoms with van der Waals surface area (Å²) in [6, 6.07) is 0. The molecule has 1 fully saturated rings. The SMILES string of the molecule is COCCCN(C)S(=O)(=O)N1CCCCC1. The minimum Gasteiger partial charge on any atom is -0.385 e. The summed E-state index contributed by atoms with van der Waals surface area (Å²) >= 11 is 0. The third-order valence-electron chi connectivity index (χ3n) is 2.86. The minimum absolute atomic E-state index is 0.521. The smallest absolute Gasteiger partial charge is 0.281 e. The van der Waals surface area contributed by atoms with Crippen molar-refractivity contribution in [3.05, 3.63) is 0 Å². The fourth-order valence-corrected chi connectivity index (χ4v) is 3.31. The van der Waals surface area contributed by atoms with E-state index in [1.807, 2.05) is 0 Å². The number of ether oxygens (including phenoxy) is 1. The average molecular weight is 250 g/mol. The van der Waals surface area contributed by atoms with Crippen LogP contribution in [-0.4, -0.2) is 57.4 Å². The highest BCUT2D eigenvalue weighted by molar-refractivity contribution is 7.86. The molecule has 0 N–H and O–H groups in total. The molecule has 96 valence electrons. The molecule has 0 unspecified atom stereocenters. The van der Waals surface area contributed by atoms with Gasteiger partial charge in [0.1, 0.15) is 0 Å². The first-order chi connectivity index (χ1) is 7.59. The maximum absolute atomic E-state index is 12.1. The van der Waals surface area contributed by atoms with E-state index in [1.54, 1.807) is 18.5 Å². The molecule has 1 saturated heterocycles. The third-order valence-corrected chi connectivity index (χ3v) is 4.84. The van der Waals surface area contributed by atoms with Gasteiger partial charge in [0.15, 0.2) is 0 Å². The quantitative estimate of drug-likeness (QED) is 0.652. The van der Waals surface area contributed by atoms with Crippen LogP contribution in [-0.2, 0) is 14.9 Å². The van der Waals surface area contributed by atoms with Gasteiger partial charge in [0.2, 0.25) is 0 Å². The highest BCUT2D eigenvalue weighted by atomic mass is 32.2. The van der Waals surface area contributed by atoms with Crippen molar-refractivity contribution >= 4 is 10.2 Å². The van der Waals surface area contributed by atoms with Crippen LogP contribution in [0.25, 0.3) is 0 Å². The topological polar surface area (TPSA) is 49.9 Å². The zero-order chi connectivity index (χ0) is 12.0. The molecular formula is C10H22N2O3S. The molecule has 1 aliphatic heterocycles. The molecule has 0 aliphatic carbocycles. The fraction of sp³-hybridized carbons (Fsp3) is 1.00. The highest BCUT2D eigenvalue weighted by Gasteiger charge is 2.27. The van der Waals surface area contributed by atoms with E-state index in [2.05, 4.69) is 0 Å². The van der Waals surface area contributed by atoms with Crippen LogP contribution >= 0.6 is 0 Å². The predicted molar refractivity (Wildman–Crippen MR) is 63.5 cm³/mol. The molecule has 0 radical (unpaired) electrons. The molecule has 5 nitrogen and oxygen atoms in total. The average Bonchev–Trinajstić information content (AvgIpc) is 2.30. The zero-order valence-electron chi connectivity index (χ0n) is 10.2. The first-order valence-electron chi connectivity index (χ1n) is 5.79. The van der Waals surface area contributed by atoms with Crippen LogP contribution in [0.1, 0.15) is 25.7 Å². The molecule has 0 atom stereocenters. The molecule has 6 heteroatoms. The molecule has 1 heterocycles. The molecule has 0 aromatic carbocycles. The van der Waals surface area contributed by atoms with Gasteiger partial charge in [-0.15, -0.1) is 0 Å². The van der Waals surface area contributed by atoms with Gasteiger partial charge in [0.05, 0.1) is 0 Å². The maximum atomic E-state index is 12.1. The van der Waals surface area contributed by atoms with Gasteiger partial charge >= 0.3 is 0 Å². The van der Waals surface area contributed by atoms with Gasteiger partial charge in [-0.05, 0) is 19.3 Å². The normalized spacial score (nSPS) is 19.2. The molecule has 0 amide bonds. The first-order valence-corrected chi connectivity index (χ1v) is 7.19. The lowest BCUT2D eigenvalue weighted by Gasteiger charge is -2.30. The Morgan fingerprint density at radius 3 is 2.44 bits per heavy atom. The van der Waals surface area contributed by atoms with E-state index in [0.717, 1.165) is 25.7 Å². The summed E-state index contributed by atoms with van der Waals surface area (Å²) in [7, 11) is 0.0312. The van der Waals surface area contributed by atoms with E-state index >= 15 is 0 Å². The molecule has 16 heavy (non-hydrogen) atoms. The van der Waals surface area contributed by atoms with E-state index in [1.165, 1.54) is 4.31 Å². The molecule has 0 spiro atoms. The molecular weight excluding hydrogens is 228 g/mol. The Bertz CT molecular complexity index is 286. The summed E-state index contributed by atoms with van der Waals surface area (Å²) in [6.07, 6.45) is 3.83. The monoisotopic (exact) mass is 250 g/mol. The summed E-state index contributed by atoms with van der Waals surface area (Å²) < 4.78 is 32.1. The lowest BCUT2D eigenvalue weighted by atomic mass is 10.2. The Labute approximate surface area is 98.5 Å². The summed E-state index contributed by atoms with van der Waals surface area (Å²) in [4.78, 5) is 0. The van der Waals surface area contributed by atoms with Gasteiger partial charge in [0.25, 0.3) is 10.2 Å². The van der Waals surface area contributed by atoms with Crippen molar-refractivity contribution in [1.29, 1.82) is 0 Å². The van der Waals surface area contributed by atoms with Crippen molar-refractivity contribution in [2.24, 2.45) is 0 Å². The van der Waals surface area contributed by atoms with Crippen LogP contribution in [0.3, 0.4) is 0 Å². The highest BCUT2D eigenvalue weighted by Crippen LogP contribution is 2.15. The van der Waals surface area contributed by atoms with Gasteiger partial charge in [-0.2, -0.15) is 17.0 Å². The lowest BCUT2D eigenvalue weighted by molar-refractivity contribution is 0.188. The van der Waals surface area contributed by atoms with E-state index < -0.39 is 10.2 Å². The number of hydrogen-bond donors (Lipinski definition) is 0. The maximum Gasteiger partial charge on any atom is 0.281 e. The van der Waals surface area contributed by atoms with Gasteiger partial charge in [-0.1, -0.05) is 6.42 Å². The van der Waals surface area contributed by atoms with Crippen molar-refractivity contribution in [2.75, 3.05) is 40.4 Å². The van der Waals surface area contributed by atoms with Gasteiger partial charge in [-0.25, -0.2) is 0 Å². The van der Waals surface area contributed by atoms with Crippen molar-refractivity contribution < 1.29 is 13.2 Å². The summed E-state index contributed by atoms with van der Waals surface area (Å²) in [5.74, 6) is 0. The number of methoxy groups -OCH3 is 1. The fourth-order valence-electron chi connectivity index (χ4n) is 1.84. The predicted octanol–water partition coefficient (Wildman–Crippen LogP) is 0.685. The van der Waals surface area contributed by atoms with E-state index in [9.17, 15) is 8.42 Å². The van der Waals surface area contributed by atoms with Gasteiger partial charge in [-0.3, -0.25) is 0 Å². The largest absolute Gasteiger partial charge is 0.385 e.